The molecule has 0 spiro atoms. The molecule has 4 aromatic rings. The van der Waals surface area contributed by atoms with Gasteiger partial charge in [-0.2, -0.15) is 15.0 Å². The smallest absolute Gasteiger partial charge is 0.232 e. The van der Waals surface area contributed by atoms with E-state index in [0.29, 0.717) is 28.5 Å². The molecular weight excluding hydrogens is 412 g/mol. The molecule has 0 aliphatic heterocycles. The monoisotopic (exact) mass is 434 g/mol. The second-order valence-corrected chi connectivity index (χ2v) is 7.50. The minimum atomic E-state index is 0.163. The van der Waals surface area contributed by atoms with Crippen LogP contribution in [-0.2, 0) is 12.2 Å². The Balaban J connectivity index is 1.44. The lowest BCUT2D eigenvalue weighted by Crippen LogP contribution is -2.07. The number of para-hydroxylation sites is 1. The Kier molecular flexibility index (Phi) is 6.27. The van der Waals surface area contributed by atoms with Crippen molar-refractivity contribution >= 4 is 29.3 Å². The van der Waals surface area contributed by atoms with E-state index in [1.54, 1.807) is 7.11 Å². The van der Waals surface area contributed by atoms with Crippen molar-refractivity contribution in [1.82, 2.24) is 30.1 Å². The molecular formula is C21H22N8OS. The van der Waals surface area contributed by atoms with Crippen LogP contribution in [0.4, 0.5) is 17.6 Å². The highest BCUT2D eigenvalue weighted by Gasteiger charge is 2.11. The van der Waals surface area contributed by atoms with Crippen LogP contribution in [0, 0.1) is 0 Å². The number of methoxy groups -OCH3 is 1. The van der Waals surface area contributed by atoms with Crippen molar-refractivity contribution in [1.29, 1.82) is 0 Å². The first-order chi connectivity index (χ1) is 15.1. The van der Waals surface area contributed by atoms with E-state index in [1.165, 1.54) is 17.3 Å². The zero-order valence-electron chi connectivity index (χ0n) is 17.2. The van der Waals surface area contributed by atoms with Gasteiger partial charge in [0.1, 0.15) is 11.6 Å². The van der Waals surface area contributed by atoms with Gasteiger partial charge >= 0.3 is 0 Å². The number of rotatable bonds is 8. The van der Waals surface area contributed by atoms with E-state index in [0.717, 1.165) is 23.4 Å². The van der Waals surface area contributed by atoms with E-state index in [-0.39, 0.29) is 5.95 Å². The number of aromatic nitrogens is 6. The van der Waals surface area contributed by atoms with Crippen LogP contribution < -0.4 is 15.8 Å². The highest BCUT2D eigenvalue weighted by molar-refractivity contribution is 7.98. The average Bonchev–Trinajstić information content (AvgIpc) is 3.27. The molecule has 0 amide bonds. The van der Waals surface area contributed by atoms with Crippen molar-refractivity contribution in [2.24, 2.45) is 0 Å². The number of nitrogens with zero attached hydrogens (tertiary/aromatic N) is 5. The second-order valence-electron chi connectivity index (χ2n) is 6.55. The van der Waals surface area contributed by atoms with Crippen molar-refractivity contribution < 1.29 is 4.74 Å². The normalized spacial score (nSPS) is 10.8. The molecule has 0 fully saturated rings. The van der Waals surface area contributed by atoms with Gasteiger partial charge in [0.05, 0.1) is 12.9 Å². The van der Waals surface area contributed by atoms with Gasteiger partial charge in [-0.1, -0.05) is 36.9 Å². The third-order valence-corrected chi connectivity index (χ3v) is 5.35. The summed E-state index contributed by atoms with van der Waals surface area (Å²) >= 11 is 1.41. The van der Waals surface area contributed by atoms with Gasteiger partial charge in [-0.05, 0) is 42.3 Å². The molecule has 4 rings (SSSR count). The maximum Gasteiger partial charge on any atom is 0.232 e. The molecule has 0 radical (unpaired) electrons. The molecule has 0 atom stereocenters. The Bertz CT molecular complexity index is 1160. The highest BCUT2D eigenvalue weighted by Crippen LogP contribution is 2.24. The molecule has 0 bridgehead atoms. The van der Waals surface area contributed by atoms with Gasteiger partial charge in [-0.25, -0.2) is 4.98 Å². The quantitative estimate of drug-likeness (QED) is 0.354. The van der Waals surface area contributed by atoms with Gasteiger partial charge in [-0.15, -0.1) is 5.10 Å². The van der Waals surface area contributed by atoms with E-state index < -0.39 is 0 Å². The molecule has 2 aromatic heterocycles. The first-order valence-electron chi connectivity index (χ1n) is 9.69. The molecule has 10 heteroatoms. The summed E-state index contributed by atoms with van der Waals surface area (Å²) in [4.78, 5) is 17.5. The molecule has 9 nitrogen and oxygen atoms in total. The lowest BCUT2D eigenvalue weighted by atomic mass is 10.1. The summed E-state index contributed by atoms with van der Waals surface area (Å²) < 4.78 is 5.18. The van der Waals surface area contributed by atoms with Crippen molar-refractivity contribution in [2.75, 3.05) is 18.2 Å². The SMILES string of the molecule is CCc1ccccc1Nc1nc(N)nc(CSc2n[nH]c(-c3ccc(OC)cc3)n2)n1. The number of aromatic amines is 1. The number of H-pyrrole nitrogens is 1. The maximum absolute atomic E-state index is 5.90. The van der Waals surface area contributed by atoms with Crippen molar-refractivity contribution in [3.8, 4) is 17.1 Å². The number of benzene rings is 2. The van der Waals surface area contributed by atoms with Crippen molar-refractivity contribution in [2.45, 2.75) is 24.3 Å². The fourth-order valence-electron chi connectivity index (χ4n) is 2.95. The summed E-state index contributed by atoms with van der Waals surface area (Å²) in [5, 5.41) is 11.0. The minimum absolute atomic E-state index is 0.163. The maximum atomic E-state index is 5.90. The molecule has 158 valence electrons. The van der Waals surface area contributed by atoms with Gasteiger partial charge in [0.15, 0.2) is 5.82 Å². The summed E-state index contributed by atoms with van der Waals surface area (Å²) in [6.45, 7) is 2.10. The Labute approximate surface area is 183 Å². The van der Waals surface area contributed by atoms with Crippen LogP contribution >= 0.6 is 11.8 Å². The first kappa shape index (κ1) is 20.6. The van der Waals surface area contributed by atoms with E-state index in [2.05, 4.69) is 48.4 Å². The first-order valence-corrected chi connectivity index (χ1v) is 10.7. The number of nitrogens with two attached hydrogens (primary N) is 1. The molecule has 0 unspecified atom stereocenters. The molecule has 0 saturated heterocycles. The number of nitrogen functional groups attached to an aromatic ring is 1. The van der Waals surface area contributed by atoms with Crippen molar-refractivity contribution in [3.63, 3.8) is 0 Å². The van der Waals surface area contributed by atoms with Gasteiger partial charge in [0.2, 0.25) is 17.1 Å². The molecule has 4 N–H and O–H groups in total. The van der Waals surface area contributed by atoms with E-state index in [4.69, 9.17) is 10.5 Å². The van der Waals surface area contributed by atoms with Crippen LogP contribution in [0.3, 0.4) is 0 Å². The summed E-state index contributed by atoms with van der Waals surface area (Å²) in [7, 11) is 1.63. The molecule has 0 aliphatic carbocycles. The van der Waals surface area contributed by atoms with E-state index in [1.807, 2.05) is 42.5 Å². The van der Waals surface area contributed by atoms with Crippen LogP contribution in [0.2, 0.25) is 0 Å². The Morgan fingerprint density at radius 3 is 2.61 bits per heavy atom. The minimum Gasteiger partial charge on any atom is -0.497 e. The van der Waals surface area contributed by atoms with Crippen LogP contribution in [0.15, 0.2) is 53.7 Å². The molecule has 2 heterocycles. The Morgan fingerprint density at radius 2 is 1.84 bits per heavy atom. The summed E-state index contributed by atoms with van der Waals surface area (Å²) in [6, 6.07) is 15.6. The molecule has 0 saturated carbocycles. The lowest BCUT2D eigenvalue weighted by molar-refractivity contribution is 0.415. The standard InChI is InChI=1S/C21H22N8OS/c1-3-13-6-4-5-7-16(13)23-20-25-17(24-19(22)27-20)12-31-21-26-18(28-29-21)14-8-10-15(30-2)11-9-14/h4-11H,3,12H2,1-2H3,(H,26,28,29)(H3,22,23,24,25,27). The number of hydrogen-bond acceptors (Lipinski definition) is 9. The van der Waals surface area contributed by atoms with Gasteiger partial charge in [0, 0.05) is 11.3 Å². The summed E-state index contributed by atoms with van der Waals surface area (Å²) in [5.41, 5.74) is 8.94. The fourth-order valence-corrected chi connectivity index (χ4v) is 3.60. The Morgan fingerprint density at radius 1 is 1.03 bits per heavy atom. The molecule has 31 heavy (non-hydrogen) atoms. The topological polar surface area (TPSA) is 128 Å². The van der Waals surface area contributed by atoms with Gasteiger partial charge in [-0.3, -0.25) is 5.10 Å². The van der Waals surface area contributed by atoms with Gasteiger partial charge in [0.25, 0.3) is 0 Å². The Hall–Kier alpha value is -3.66. The van der Waals surface area contributed by atoms with Crippen molar-refractivity contribution in [3.05, 3.63) is 59.9 Å². The van der Waals surface area contributed by atoms with E-state index >= 15 is 0 Å². The number of aryl methyl sites for hydroxylation is 1. The number of anilines is 3. The number of ether oxygens (including phenoxy) is 1. The van der Waals surface area contributed by atoms with Gasteiger partial charge < -0.3 is 15.8 Å². The highest BCUT2D eigenvalue weighted by atomic mass is 32.2. The second kappa shape index (κ2) is 9.43. The largest absolute Gasteiger partial charge is 0.497 e. The lowest BCUT2D eigenvalue weighted by Gasteiger charge is -2.10. The predicted molar refractivity (Wildman–Crippen MR) is 121 cm³/mol. The third kappa shape index (κ3) is 5.10. The van der Waals surface area contributed by atoms with Crippen LogP contribution in [0.25, 0.3) is 11.4 Å². The zero-order valence-corrected chi connectivity index (χ0v) is 18.0. The van der Waals surface area contributed by atoms with Crippen LogP contribution in [0.1, 0.15) is 18.3 Å². The number of hydrogen-bond donors (Lipinski definition) is 3. The number of thioether (sulfide) groups is 1. The summed E-state index contributed by atoms with van der Waals surface area (Å²) in [6.07, 6.45) is 0.897. The van der Waals surface area contributed by atoms with Crippen LogP contribution in [0.5, 0.6) is 5.75 Å². The fraction of sp³-hybridized carbons (Fsp3) is 0.190. The predicted octanol–water partition coefficient (Wildman–Crippen LogP) is 3.85. The zero-order chi connectivity index (χ0) is 21.6. The third-order valence-electron chi connectivity index (χ3n) is 4.50. The van der Waals surface area contributed by atoms with E-state index in [9.17, 15) is 0 Å². The molecule has 2 aromatic carbocycles. The average molecular weight is 435 g/mol. The number of nitrogens with one attached hydrogen (secondary N) is 2. The van der Waals surface area contributed by atoms with Crippen LogP contribution in [-0.4, -0.2) is 37.2 Å². The molecule has 0 aliphatic rings. The summed E-state index contributed by atoms with van der Waals surface area (Å²) in [5.74, 6) is 3.05.